The number of phenolic OH excluding ortho intramolecular Hbond substituents is 1. The van der Waals surface area contributed by atoms with E-state index in [9.17, 15) is 9.90 Å². The molecule has 0 aliphatic rings. The van der Waals surface area contributed by atoms with Gasteiger partial charge in [-0.2, -0.15) is 0 Å². The molecule has 132 valence electrons. The van der Waals surface area contributed by atoms with Gasteiger partial charge in [0.1, 0.15) is 11.6 Å². The van der Waals surface area contributed by atoms with Crippen LogP contribution in [0.3, 0.4) is 0 Å². The van der Waals surface area contributed by atoms with E-state index in [4.69, 9.17) is 5.73 Å². The molecule has 0 bridgehead atoms. The average molecular weight is 340 g/mol. The van der Waals surface area contributed by atoms with Crippen LogP contribution in [0.1, 0.15) is 12.5 Å². The third-order valence-corrected chi connectivity index (χ3v) is 3.80. The number of amides is 1. The summed E-state index contributed by atoms with van der Waals surface area (Å²) in [7, 11) is 3.87. The second kappa shape index (κ2) is 8.30. The fraction of sp³-hybridized carbons (Fsp3) is 0.263. The Morgan fingerprint density at radius 3 is 2.32 bits per heavy atom. The predicted molar refractivity (Wildman–Crippen MR) is 101 cm³/mol. The number of nitrogens with zero attached hydrogens (tertiary/aromatic N) is 2. The smallest absolute Gasteiger partial charge is 0.241 e. The van der Waals surface area contributed by atoms with Crippen molar-refractivity contribution in [1.29, 1.82) is 0 Å². The minimum absolute atomic E-state index is 0.189. The number of aromatic hydroxyl groups is 1. The van der Waals surface area contributed by atoms with Crippen molar-refractivity contribution >= 4 is 23.1 Å². The van der Waals surface area contributed by atoms with Crippen LogP contribution in [0.5, 0.6) is 5.75 Å². The molecule has 0 unspecified atom stereocenters. The van der Waals surface area contributed by atoms with Gasteiger partial charge < -0.3 is 21.1 Å². The van der Waals surface area contributed by atoms with Gasteiger partial charge in [-0.1, -0.05) is 12.1 Å². The van der Waals surface area contributed by atoms with E-state index in [0.29, 0.717) is 12.1 Å². The molecular formula is C19H24N4O2. The van der Waals surface area contributed by atoms with Crippen LogP contribution in [-0.4, -0.2) is 41.9 Å². The van der Waals surface area contributed by atoms with E-state index in [1.807, 2.05) is 38.1 Å². The van der Waals surface area contributed by atoms with Crippen LogP contribution in [0, 0.1) is 0 Å². The van der Waals surface area contributed by atoms with E-state index in [0.717, 1.165) is 17.1 Å². The SMILES string of the molecule is CC(=Nc1ccc(NC(=O)[C@@H](N)Cc2ccc(O)cc2)cc1)N(C)C. The molecule has 0 saturated carbocycles. The summed E-state index contributed by atoms with van der Waals surface area (Å²) < 4.78 is 0. The maximum Gasteiger partial charge on any atom is 0.241 e. The van der Waals surface area contributed by atoms with Crippen molar-refractivity contribution in [2.45, 2.75) is 19.4 Å². The highest BCUT2D eigenvalue weighted by molar-refractivity contribution is 5.95. The molecule has 0 spiro atoms. The van der Waals surface area contributed by atoms with Gasteiger partial charge in [-0.05, 0) is 55.3 Å². The summed E-state index contributed by atoms with van der Waals surface area (Å²) in [5, 5.41) is 12.1. The molecule has 2 aromatic rings. The molecule has 0 saturated heterocycles. The highest BCUT2D eigenvalue weighted by Gasteiger charge is 2.14. The number of benzene rings is 2. The maximum atomic E-state index is 12.2. The Kier molecular flexibility index (Phi) is 6.14. The Morgan fingerprint density at radius 2 is 1.76 bits per heavy atom. The first-order valence-electron chi connectivity index (χ1n) is 8.02. The summed E-state index contributed by atoms with van der Waals surface area (Å²) in [5.74, 6) is 0.829. The molecule has 25 heavy (non-hydrogen) atoms. The molecule has 1 atom stereocenters. The largest absolute Gasteiger partial charge is 0.508 e. The van der Waals surface area contributed by atoms with Crippen LogP contribution in [0.15, 0.2) is 53.5 Å². The van der Waals surface area contributed by atoms with Crippen LogP contribution >= 0.6 is 0 Å². The van der Waals surface area contributed by atoms with E-state index in [-0.39, 0.29) is 11.7 Å². The number of hydrogen-bond donors (Lipinski definition) is 3. The highest BCUT2D eigenvalue weighted by atomic mass is 16.3. The molecule has 0 heterocycles. The predicted octanol–water partition coefficient (Wildman–Crippen LogP) is 2.51. The Labute approximate surface area is 148 Å². The summed E-state index contributed by atoms with van der Waals surface area (Å²) in [6, 6.07) is 13.3. The number of rotatable bonds is 5. The molecule has 0 aliphatic heterocycles. The van der Waals surface area contributed by atoms with Gasteiger partial charge in [0.2, 0.25) is 5.91 Å². The molecule has 6 heteroatoms. The lowest BCUT2D eigenvalue weighted by Crippen LogP contribution is -2.37. The van der Waals surface area contributed by atoms with Crippen molar-refractivity contribution in [3.05, 3.63) is 54.1 Å². The van der Waals surface area contributed by atoms with Gasteiger partial charge in [-0.3, -0.25) is 4.79 Å². The first kappa shape index (κ1) is 18.5. The van der Waals surface area contributed by atoms with Gasteiger partial charge in [0.15, 0.2) is 0 Å². The number of nitrogens with two attached hydrogens (primary N) is 1. The first-order valence-corrected chi connectivity index (χ1v) is 8.02. The minimum Gasteiger partial charge on any atom is -0.508 e. The van der Waals surface area contributed by atoms with Crippen molar-refractivity contribution in [2.24, 2.45) is 10.7 Å². The fourth-order valence-electron chi connectivity index (χ4n) is 2.12. The molecule has 0 radical (unpaired) electrons. The van der Waals surface area contributed by atoms with Crippen LogP contribution in [0.4, 0.5) is 11.4 Å². The number of phenols is 1. The Balaban J connectivity index is 1.95. The second-order valence-electron chi connectivity index (χ2n) is 6.07. The van der Waals surface area contributed by atoms with Crippen LogP contribution < -0.4 is 11.1 Å². The zero-order valence-electron chi connectivity index (χ0n) is 14.7. The third kappa shape index (κ3) is 5.61. The van der Waals surface area contributed by atoms with Crippen molar-refractivity contribution in [2.75, 3.05) is 19.4 Å². The number of hydrogen-bond acceptors (Lipinski definition) is 4. The van der Waals surface area contributed by atoms with E-state index in [2.05, 4.69) is 10.3 Å². The molecule has 1 amide bonds. The van der Waals surface area contributed by atoms with Gasteiger partial charge in [0, 0.05) is 19.8 Å². The van der Waals surface area contributed by atoms with Gasteiger partial charge in [0.05, 0.1) is 11.7 Å². The summed E-state index contributed by atoms with van der Waals surface area (Å²) in [5.41, 5.74) is 8.35. The third-order valence-electron chi connectivity index (χ3n) is 3.80. The lowest BCUT2D eigenvalue weighted by molar-refractivity contribution is -0.117. The van der Waals surface area contributed by atoms with Crippen molar-refractivity contribution in [1.82, 2.24) is 4.90 Å². The lowest BCUT2D eigenvalue weighted by atomic mass is 10.1. The van der Waals surface area contributed by atoms with E-state index < -0.39 is 6.04 Å². The van der Waals surface area contributed by atoms with Crippen LogP contribution in [-0.2, 0) is 11.2 Å². The molecular weight excluding hydrogens is 316 g/mol. The second-order valence-corrected chi connectivity index (χ2v) is 6.07. The zero-order valence-corrected chi connectivity index (χ0v) is 14.7. The first-order chi connectivity index (χ1) is 11.8. The minimum atomic E-state index is -0.668. The number of aliphatic imine (C=N–C) groups is 1. The summed E-state index contributed by atoms with van der Waals surface area (Å²) in [6.07, 6.45) is 0.399. The molecule has 4 N–H and O–H groups in total. The molecule has 2 rings (SSSR count). The van der Waals surface area contributed by atoms with Gasteiger partial charge in [0.25, 0.3) is 0 Å². The zero-order chi connectivity index (χ0) is 18.4. The summed E-state index contributed by atoms with van der Waals surface area (Å²) in [6.45, 7) is 1.93. The number of amidine groups is 1. The Bertz CT molecular complexity index is 737. The van der Waals surface area contributed by atoms with Crippen molar-refractivity contribution in [3.63, 3.8) is 0 Å². The Hall–Kier alpha value is -2.86. The van der Waals surface area contributed by atoms with Crippen LogP contribution in [0.25, 0.3) is 0 Å². The average Bonchev–Trinajstić information content (AvgIpc) is 2.58. The molecule has 6 nitrogen and oxygen atoms in total. The number of carbonyl (C=O) groups is 1. The maximum absolute atomic E-state index is 12.2. The quantitative estimate of drug-likeness (QED) is 0.576. The number of carbonyl (C=O) groups excluding carboxylic acids is 1. The number of anilines is 1. The molecule has 2 aromatic carbocycles. The number of nitrogens with one attached hydrogen (secondary N) is 1. The summed E-state index contributed by atoms with van der Waals surface area (Å²) in [4.78, 5) is 18.6. The standard InChI is InChI=1S/C19H24N4O2/c1-13(23(2)3)21-15-6-8-16(9-7-15)22-19(25)18(20)12-14-4-10-17(24)11-5-14/h4-11,18,24H,12,20H2,1-3H3,(H,22,25)/t18-/m0/s1. The normalized spacial score (nSPS) is 12.6. The monoisotopic (exact) mass is 340 g/mol. The van der Waals surface area contributed by atoms with E-state index >= 15 is 0 Å². The van der Waals surface area contributed by atoms with Crippen molar-refractivity contribution < 1.29 is 9.90 Å². The van der Waals surface area contributed by atoms with Gasteiger partial charge >= 0.3 is 0 Å². The molecule has 0 fully saturated rings. The van der Waals surface area contributed by atoms with Gasteiger partial charge in [-0.15, -0.1) is 0 Å². The summed E-state index contributed by atoms with van der Waals surface area (Å²) >= 11 is 0. The fourth-order valence-corrected chi connectivity index (χ4v) is 2.12. The van der Waals surface area contributed by atoms with E-state index in [1.165, 1.54) is 0 Å². The Morgan fingerprint density at radius 1 is 1.16 bits per heavy atom. The van der Waals surface area contributed by atoms with Gasteiger partial charge in [-0.25, -0.2) is 4.99 Å². The molecule has 0 aromatic heterocycles. The molecule has 0 aliphatic carbocycles. The highest BCUT2D eigenvalue weighted by Crippen LogP contribution is 2.17. The van der Waals surface area contributed by atoms with E-state index in [1.54, 1.807) is 36.4 Å². The van der Waals surface area contributed by atoms with Crippen LogP contribution in [0.2, 0.25) is 0 Å². The van der Waals surface area contributed by atoms with Crippen molar-refractivity contribution in [3.8, 4) is 5.75 Å². The topological polar surface area (TPSA) is 91.0 Å². The lowest BCUT2D eigenvalue weighted by Gasteiger charge is -2.13.